The number of benzene rings is 1. The summed E-state index contributed by atoms with van der Waals surface area (Å²) in [5.74, 6) is 0.362. The Morgan fingerprint density at radius 2 is 1.36 bits per heavy atom. The molecule has 0 amide bonds. The predicted octanol–water partition coefficient (Wildman–Crippen LogP) is 2.31. The smallest absolute Gasteiger partial charge is 0.116 e. The van der Waals surface area contributed by atoms with Crippen LogP contribution in [-0.2, 0) is 26.2 Å². The van der Waals surface area contributed by atoms with Gasteiger partial charge in [-0.05, 0) is 49.6 Å². The summed E-state index contributed by atoms with van der Waals surface area (Å²) in [5.41, 5.74) is 3.56. The van der Waals surface area contributed by atoms with Crippen molar-refractivity contribution < 1.29 is 31.3 Å². The van der Waals surface area contributed by atoms with Crippen molar-refractivity contribution in [2.45, 2.75) is 20.8 Å². The van der Waals surface area contributed by atoms with E-state index in [-0.39, 0.29) is 26.2 Å². The van der Waals surface area contributed by atoms with Crippen LogP contribution in [0.4, 0.5) is 0 Å². The van der Waals surface area contributed by atoms with Crippen LogP contribution in [-0.4, -0.2) is 5.11 Å². The molecule has 0 heterocycles. The first-order valence-electron chi connectivity index (χ1n) is 3.38. The monoisotopic (exact) mass is 226 g/mol. The Balaban J connectivity index is 0.000001000. The van der Waals surface area contributed by atoms with Gasteiger partial charge < -0.3 is 5.11 Å². The Kier molecular flexibility index (Phi) is 4.03. The number of rotatable bonds is 0. The van der Waals surface area contributed by atoms with Gasteiger partial charge in [0.15, 0.2) is 0 Å². The summed E-state index contributed by atoms with van der Waals surface area (Å²) >= 11 is 0. The second kappa shape index (κ2) is 4.06. The van der Waals surface area contributed by atoms with Crippen LogP contribution < -0.4 is 0 Å². The molecule has 1 N–H and O–H groups in total. The molecule has 0 unspecified atom stereocenters. The topological polar surface area (TPSA) is 20.2 Å². The molecule has 58 valence electrons. The molecule has 2 heteroatoms. The minimum atomic E-state index is 0. The van der Waals surface area contributed by atoms with Gasteiger partial charge in [-0.25, -0.2) is 0 Å². The molecule has 0 saturated heterocycles. The van der Waals surface area contributed by atoms with Crippen LogP contribution in [0, 0.1) is 20.8 Å². The van der Waals surface area contributed by atoms with E-state index in [9.17, 15) is 0 Å². The quantitative estimate of drug-likeness (QED) is 0.721. The third kappa shape index (κ3) is 2.45. The second-order valence-electron chi connectivity index (χ2n) is 2.70. The molecule has 0 fully saturated rings. The number of hydrogen-bond acceptors (Lipinski definition) is 1. The van der Waals surface area contributed by atoms with Crippen LogP contribution in [0.2, 0.25) is 0 Å². The molecule has 0 aliphatic rings. The van der Waals surface area contributed by atoms with E-state index in [1.807, 2.05) is 13.8 Å². The van der Waals surface area contributed by atoms with Crippen molar-refractivity contribution in [3.05, 3.63) is 28.8 Å². The van der Waals surface area contributed by atoms with Gasteiger partial charge in [0, 0.05) is 26.2 Å². The summed E-state index contributed by atoms with van der Waals surface area (Å²) < 4.78 is 0. The Labute approximate surface area is 86.6 Å². The van der Waals surface area contributed by atoms with Gasteiger partial charge in [-0.2, -0.15) is 0 Å². The molecular weight excluding hydrogens is 215 g/mol. The van der Waals surface area contributed by atoms with Gasteiger partial charge in [-0.1, -0.05) is 0 Å². The summed E-state index contributed by atoms with van der Waals surface area (Å²) in [5, 5.41) is 9.12. The maximum Gasteiger partial charge on any atom is 0.116 e. The van der Waals surface area contributed by atoms with Crippen molar-refractivity contribution in [2.24, 2.45) is 0 Å². The molecular formula is C9H12OZr. The molecule has 0 atom stereocenters. The van der Waals surface area contributed by atoms with Crippen LogP contribution >= 0.6 is 0 Å². The van der Waals surface area contributed by atoms with E-state index >= 15 is 0 Å². The van der Waals surface area contributed by atoms with Crippen molar-refractivity contribution >= 4 is 0 Å². The third-order valence-corrected chi connectivity index (χ3v) is 1.91. The molecule has 0 aliphatic carbocycles. The van der Waals surface area contributed by atoms with Gasteiger partial charge >= 0.3 is 0 Å². The van der Waals surface area contributed by atoms with E-state index in [1.165, 1.54) is 5.56 Å². The van der Waals surface area contributed by atoms with Crippen LogP contribution in [0.25, 0.3) is 0 Å². The first-order chi connectivity index (χ1) is 4.61. The van der Waals surface area contributed by atoms with E-state index in [1.54, 1.807) is 12.1 Å². The molecule has 0 radical (unpaired) electrons. The van der Waals surface area contributed by atoms with Gasteiger partial charge in [0.1, 0.15) is 5.75 Å². The average Bonchev–Trinajstić information content (AvgIpc) is 1.82. The Bertz CT molecular complexity index is 233. The number of aromatic hydroxyl groups is 1. The van der Waals surface area contributed by atoms with E-state index in [0.717, 1.165) is 11.1 Å². The van der Waals surface area contributed by atoms with Crippen molar-refractivity contribution in [1.82, 2.24) is 0 Å². The van der Waals surface area contributed by atoms with E-state index < -0.39 is 0 Å². The van der Waals surface area contributed by atoms with Crippen LogP contribution in [0.15, 0.2) is 12.1 Å². The molecule has 11 heavy (non-hydrogen) atoms. The molecule has 0 spiro atoms. The number of hydrogen-bond donors (Lipinski definition) is 1. The zero-order valence-corrected chi connectivity index (χ0v) is 9.56. The maximum atomic E-state index is 9.12. The van der Waals surface area contributed by atoms with E-state index in [0.29, 0.717) is 5.75 Å². The molecule has 1 rings (SSSR count). The van der Waals surface area contributed by atoms with Crippen molar-refractivity contribution in [3.63, 3.8) is 0 Å². The summed E-state index contributed by atoms with van der Waals surface area (Å²) in [4.78, 5) is 0. The minimum Gasteiger partial charge on any atom is -0.508 e. The SMILES string of the molecule is Cc1cc(O)cc(C)c1C.[Zr]. The summed E-state index contributed by atoms with van der Waals surface area (Å²) in [7, 11) is 0. The van der Waals surface area contributed by atoms with E-state index in [4.69, 9.17) is 5.11 Å². The van der Waals surface area contributed by atoms with Crippen LogP contribution in [0.3, 0.4) is 0 Å². The Hall–Kier alpha value is -0.0969. The van der Waals surface area contributed by atoms with Gasteiger partial charge in [-0.3, -0.25) is 0 Å². The van der Waals surface area contributed by atoms with Crippen molar-refractivity contribution in [1.29, 1.82) is 0 Å². The largest absolute Gasteiger partial charge is 0.508 e. The first kappa shape index (κ1) is 10.9. The minimum absolute atomic E-state index is 0. The molecule has 1 nitrogen and oxygen atoms in total. The van der Waals surface area contributed by atoms with Crippen molar-refractivity contribution in [2.75, 3.05) is 0 Å². The summed E-state index contributed by atoms with van der Waals surface area (Å²) in [6, 6.07) is 3.56. The first-order valence-corrected chi connectivity index (χ1v) is 3.38. The average molecular weight is 227 g/mol. The Morgan fingerprint density at radius 1 is 1.00 bits per heavy atom. The predicted molar refractivity (Wildman–Crippen MR) is 42.3 cm³/mol. The van der Waals surface area contributed by atoms with E-state index in [2.05, 4.69) is 6.92 Å². The van der Waals surface area contributed by atoms with Gasteiger partial charge in [0.25, 0.3) is 0 Å². The standard InChI is InChI=1S/C9H12O.Zr/c1-6-4-9(10)5-7(2)8(6)3;/h4-5,10H,1-3H3;. The van der Waals surface area contributed by atoms with Crippen molar-refractivity contribution in [3.8, 4) is 5.75 Å². The van der Waals surface area contributed by atoms with Gasteiger partial charge in [-0.15, -0.1) is 0 Å². The zero-order chi connectivity index (χ0) is 7.72. The third-order valence-electron chi connectivity index (χ3n) is 1.91. The zero-order valence-electron chi connectivity index (χ0n) is 7.10. The molecule has 0 saturated carbocycles. The molecule has 1 aromatic rings. The van der Waals surface area contributed by atoms with Gasteiger partial charge in [0.05, 0.1) is 0 Å². The van der Waals surface area contributed by atoms with Crippen LogP contribution in [0.5, 0.6) is 5.75 Å². The number of phenolic OH excluding ortho intramolecular Hbond substituents is 1. The fourth-order valence-corrected chi connectivity index (χ4v) is 1.01. The summed E-state index contributed by atoms with van der Waals surface area (Å²) in [6.45, 7) is 6.06. The molecule has 0 aromatic heterocycles. The van der Waals surface area contributed by atoms with Crippen LogP contribution in [0.1, 0.15) is 16.7 Å². The number of aryl methyl sites for hydroxylation is 2. The summed E-state index contributed by atoms with van der Waals surface area (Å²) in [6.07, 6.45) is 0. The number of phenols is 1. The normalized spacial score (nSPS) is 9.00. The maximum absolute atomic E-state index is 9.12. The fraction of sp³-hybridized carbons (Fsp3) is 0.333. The Morgan fingerprint density at radius 3 is 1.73 bits per heavy atom. The molecule has 0 bridgehead atoms. The molecule has 0 aliphatic heterocycles. The second-order valence-corrected chi connectivity index (χ2v) is 2.70. The fourth-order valence-electron chi connectivity index (χ4n) is 1.01. The molecule has 1 aromatic carbocycles. The van der Waals surface area contributed by atoms with Gasteiger partial charge in [0.2, 0.25) is 0 Å².